The molecule has 0 bridgehead atoms. The maximum Gasteiger partial charge on any atom is 0.333 e. The largest absolute Gasteiger partial charge is 0.455 e. The Balaban J connectivity index is 2.93. The number of hydrogen-bond donors (Lipinski definition) is 0. The van der Waals surface area contributed by atoms with Gasteiger partial charge >= 0.3 is 5.97 Å². The summed E-state index contributed by atoms with van der Waals surface area (Å²) in [6.07, 6.45) is 5.59. The van der Waals surface area contributed by atoms with Crippen LogP contribution in [0.25, 0.3) is 0 Å². The van der Waals surface area contributed by atoms with Crippen LogP contribution in [0.1, 0.15) is 59.8 Å². The van der Waals surface area contributed by atoms with Gasteiger partial charge in [0.05, 0.1) is 0 Å². The van der Waals surface area contributed by atoms with Gasteiger partial charge < -0.3 is 4.74 Å². The standard InChI is InChI=1S/C15H26O2/c1-6-10-15(17-14(16)11(2)3)12(4)8-7-9-13(15)5/h12-13H,2,6-10H2,1,3-5H3. The number of rotatable bonds is 4. The fraction of sp³-hybridized carbons (Fsp3) is 0.800. The first-order valence-electron chi connectivity index (χ1n) is 6.83. The third-order valence-corrected chi connectivity index (χ3v) is 4.21. The van der Waals surface area contributed by atoms with E-state index in [4.69, 9.17) is 4.74 Å². The molecule has 2 atom stereocenters. The number of ether oxygens (including phenoxy) is 1. The Morgan fingerprint density at radius 3 is 2.29 bits per heavy atom. The quantitative estimate of drug-likeness (QED) is 0.544. The van der Waals surface area contributed by atoms with Crippen LogP contribution in [-0.4, -0.2) is 11.6 Å². The third-order valence-electron chi connectivity index (χ3n) is 4.21. The summed E-state index contributed by atoms with van der Waals surface area (Å²) in [5, 5.41) is 0. The molecular formula is C15H26O2. The molecule has 98 valence electrons. The maximum absolute atomic E-state index is 11.9. The second-order valence-corrected chi connectivity index (χ2v) is 5.61. The molecule has 1 saturated carbocycles. The van der Waals surface area contributed by atoms with Crippen LogP contribution in [-0.2, 0) is 9.53 Å². The Morgan fingerprint density at radius 1 is 1.35 bits per heavy atom. The molecule has 0 heterocycles. The average Bonchev–Trinajstić information content (AvgIpc) is 2.25. The van der Waals surface area contributed by atoms with Crippen molar-refractivity contribution in [3.8, 4) is 0 Å². The molecule has 0 saturated heterocycles. The van der Waals surface area contributed by atoms with Gasteiger partial charge in [-0.15, -0.1) is 0 Å². The van der Waals surface area contributed by atoms with E-state index < -0.39 is 0 Å². The minimum absolute atomic E-state index is 0.223. The molecule has 17 heavy (non-hydrogen) atoms. The highest BCUT2D eigenvalue weighted by molar-refractivity contribution is 5.87. The lowest BCUT2D eigenvalue weighted by atomic mass is 9.67. The molecule has 0 aromatic heterocycles. The Bertz CT molecular complexity index is 283. The summed E-state index contributed by atoms with van der Waals surface area (Å²) >= 11 is 0. The summed E-state index contributed by atoms with van der Waals surface area (Å²) in [6, 6.07) is 0. The predicted molar refractivity (Wildman–Crippen MR) is 70.7 cm³/mol. The maximum atomic E-state index is 11.9. The van der Waals surface area contributed by atoms with Gasteiger partial charge in [0.1, 0.15) is 5.60 Å². The summed E-state index contributed by atoms with van der Waals surface area (Å²) in [5.74, 6) is 0.683. The Kier molecular flexibility index (Phi) is 4.79. The highest BCUT2D eigenvalue weighted by Crippen LogP contribution is 2.44. The molecule has 0 aromatic rings. The van der Waals surface area contributed by atoms with Crippen LogP contribution in [0.3, 0.4) is 0 Å². The van der Waals surface area contributed by atoms with Crippen molar-refractivity contribution < 1.29 is 9.53 Å². The van der Waals surface area contributed by atoms with Crippen molar-refractivity contribution in [3.05, 3.63) is 12.2 Å². The third kappa shape index (κ3) is 2.91. The van der Waals surface area contributed by atoms with E-state index in [9.17, 15) is 4.79 Å². The summed E-state index contributed by atoms with van der Waals surface area (Å²) in [7, 11) is 0. The van der Waals surface area contributed by atoms with E-state index in [0.29, 0.717) is 17.4 Å². The Morgan fingerprint density at radius 2 is 1.88 bits per heavy atom. The van der Waals surface area contributed by atoms with Crippen LogP contribution >= 0.6 is 0 Å². The second-order valence-electron chi connectivity index (χ2n) is 5.61. The van der Waals surface area contributed by atoms with Gasteiger partial charge in [0.2, 0.25) is 0 Å². The van der Waals surface area contributed by atoms with Gasteiger partial charge in [-0.05, 0) is 38.0 Å². The van der Waals surface area contributed by atoms with Crippen LogP contribution in [0.15, 0.2) is 12.2 Å². The molecule has 2 nitrogen and oxygen atoms in total. The average molecular weight is 238 g/mol. The van der Waals surface area contributed by atoms with Crippen molar-refractivity contribution in [2.45, 2.75) is 65.4 Å². The van der Waals surface area contributed by atoms with Crippen LogP contribution in [0.2, 0.25) is 0 Å². The Hall–Kier alpha value is -0.790. The zero-order chi connectivity index (χ0) is 13.1. The Labute approximate surface area is 105 Å². The molecular weight excluding hydrogens is 212 g/mol. The van der Waals surface area contributed by atoms with Crippen molar-refractivity contribution in [1.29, 1.82) is 0 Å². The van der Waals surface area contributed by atoms with Gasteiger partial charge in [-0.1, -0.05) is 40.2 Å². The molecule has 0 spiro atoms. The lowest BCUT2D eigenvalue weighted by Crippen LogP contribution is -2.49. The molecule has 1 rings (SSSR count). The van der Waals surface area contributed by atoms with Gasteiger partial charge in [0.25, 0.3) is 0 Å². The first-order chi connectivity index (χ1) is 7.94. The van der Waals surface area contributed by atoms with Crippen molar-refractivity contribution in [2.24, 2.45) is 11.8 Å². The molecule has 1 aliphatic carbocycles. The molecule has 0 amide bonds. The second kappa shape index (κ2) is 5.70. The summed E-state index contributed by atoms with van der Waals surface area (Å²) in [6.45, 7) is 12.0. The summed E-state index contributed by atoms with van der Waals surface area (Å²) < 4.78 is 5.87. The minimum Gasteiger partial charge on any atom is -0.455 e. The molecule has 2 heteroatoms. The van der Waals surface area contributed by atoms with Crippen LogP contribution in [0, 0.1) is 11.8 Å². The molecule has 2 unspecified atom stereocenters. The van der Waals surface area contributed by atoms with Crippen molar-refractivity contribution in [3.63, 3.8) is 0 Å². The predicted octanol–water partition coefficient (Wildman–Crippen LogP) is 4.10. The highest BCUT2D eigenvalue weighted by atomic mass is 16.6. The monoisotopic (exact) mass is 238 g/mol. The normalized spacial score (nSPS) is 33.2. The first kappa shape index (κ1) is 14.3. The van der Waals surface area contributed by atoms with E-state index in [1.54, 1.807) is 6.92 Å². The van der Waals surface area contributed by atoms with E-state index in [1.165, 1.54) is 6.42 Å². The van der Waals surface area contributed by atoms with E-state index in [2.05, 4.69) is 27.4 Å². The molecule has 0 aromatic carbocycles. The van der Waals surface area contributed by atoms with Gasteiger partial charge in [-0.25, -0.2) is 4.79 Å². The summed E-state index contributed by atoms with van der Waals surface area (Å²) in [5.41, 5.74) is 0.244. The fourth-order valence-electron chi connectivity index (χ4n) is 3.10. The molecule has 1 aliphatic rings. The molecule has 0 aliphatic heterocycles. The van der Waals surface area contributed by atoms with Gasteiger partial charge in [0, 0.05) is 5.57 Å². The molecule has 1 fully saturated rings. The zero-order valence-corrected chi connectivity index (χ0v) is 11.7. The van der Waals surface area contributed by atoms with Crippen molar-refractivity contribution >= 4 is 5.97 Å². The lowest BCUT2D eigenvalue weighted by Gasteiger charge is -2.46. The minimum atomic E-state index is -0.261. The van der Waals surface area contributed by atoms with E-state index in [-0.39, 0.29) is 11.6 Å². The van der Waals surface area contributed by atoms with Gasteiger partial charge in [-0.2, -0.15) is 0 Å². The molecule has 0 radical (unpaired) electrons. The first-order valence-corrected chi connectivity index (χ1v) is 6.83. The van der Waals surface area contributed by atoms with Crippen molar-refractivity contribution in [1.82, 2.24) is 0 Å². The van der Waals surface area contributed by atoms with Gasteiger partial charge in [-0.3, -0.25) is 0 Å². The zero-order valence-electron chi connectivity index (χ0n) is 11.7. The van der Waals surface area contributed by atoms with Crippen LogP contribution in [0.5, 0.6) is 0 Å². The van der Waals surface area contributed by atoms with Crippen LogP contribution in [0.4, 0.5) is 0 Å². The highest BCUT2D eigenvalue weighted by Gasteiger charge is 2.46. The fourth-order valence-corrected chi connectivity index (χ4v) is 3.10. The van der Waals surface area contributed by atoms with Gasteiger partial charge in [0.15, 0.2) is 0 Å². The van der Waals surface area contributed by atoms with E-state index >= 15 is 0 Å². The van der Waals surface area contributed by atoms with E-state index in [1.807, 2.05) is 0 Å². The van der Waals surface area contributed by atoms with E-state index in [0.717, 1.165) is 25.7 Å². The summed E-state index contributed by atoms with van der Waals surface area (Å²) in [4.78, 5) is 11.9. The number of esters is 1. The smallest absolute Gasteiger partial charge is 0.333 e. The lowest BCUT2D eigenvalue weighted by molar-refractivity contribution is -0.175. The van der Waals surface area contributed by atoms with Crippen molar-refractivity contribution in [2.75, 3.05) is 0 Å². The SMILES string of the molecule is C=C(C)C(=O)OC1(CCC)C(C)CCCC1C. The number of carbonyl (C=O) groups excluding carboxylic acids is 1. The number of carbonyl (C=O) groups is 1. The van der Waals surface area contributed by atoms with Crippen LogP contribution < -0.4 is 0 Å². The topological polar surface area (TPSA) is 26.3 Å². The molecule has 0 N–H and O–H groups in total. The number of hydrogen-bond acceptors (Lipinski definition) is 2.